The van der Waals surface area contributed by atoms with E-state index in [9.17, 15) is 18.8 Å². The molecule has 1 aliphatic rings. The fourth-order valence-electron chi connectivity index (χ4n) is 4.73. The minimum absolute atomic E-state index is 0.0277. The molecule has 206 valence electrons. The maximum atomic E-state index is 14.1. The van der Waals surface area contributed by atoms with E-state index in [1.54, 1.807) is 49.4 Å². The van der Waals surface area contributed by atoms with Crippen LogP contribution in [-0.4, -0.2) is 32.2 Å². The first-order valence-electron chi connectivity index (χ1n) is 12.9. The second kappa shape index (κ2) is 10.8. The summed E-state index contributed by atoms with van der Waals surface area (Å²) in [5.41, 5.74) is 0.956. The van der Waals surface area contributed by atoms with Crippen molar-refractivity contribution in [2.75, 3.05) is 25.2 Å². The van der Waals surface area contributed by atoms with Gasteiger partial charge in [0.15, 0.2) is 16.9 Å². The molecule has 1 amide bonds. The number of methoxy groups -OCH3 is 1. The predicted molar refractivity (Wildman–Crippen MR) is 147 cm³/mol. The van der Waals surface area contributed by atoms with Crippen LogP contribution in [0.1, 0.15) is 58.9 Å². The number of benzene rings is 3. The molecule has 1 aliphatic heterocycles. The molecule has 0 spiro atoms. The van der Waals surface area contributed by atoms with Gasteiger partial charge in [0.05, 0.1) is 42.9 Å². The molecule has 0 saturated heterocycles. The third-order valence-electron chi connectivity index (χ3n) is 6.56. The quantitative estimate of drug-likeness (QED) is 0.254. The smallest absolute Gasteiger partial charge is 0.338 e. The average Bonchev–Trinajstić information content (AvgIpc) is 3.24. The van der Waals surface area contributed by atoms with Gasteiger partial charge in [0.1, 0.15) is 11.4 Å². The third-order valence-corrected chi connectivity index (χ3v) is 6.56. The minimum Gasteiger partial charge on any atom is -0.493 e. The van der Waals surface area contributed by atoms with Crippen molar-refractivity contribution in [3.05, 3.63) is 99.2 Å². The Morgan fingerprint density at radius 2 is 1.77 bits per heavy atom. The van der Waals surface area contributed by atoms with Crippen LogP contribution in [0, 0.1) is 11.7 Å². The van der Waals surface area contributed by atoms with Crippen LogP contribution in [0.15, 0.2) is 69.9 Å². The van der Waals surface area contributed by atoms with E-state index in [0.29, 0.717) is 34.9 Å². The SMILES string of the molecule is CCOC(=O)c1ccc(N2C(=O)c3oc4ccc(F)cc4c(=O)c3C2c2ccc(OCC(C)C)c(OC)c2)cc1. The monoisotopic (exact) mass is 545 g/mol. The van der Waals surface area contributed by atoms with Gasteiger partial charge in [0.25, 0.3) is 5.91 Å². The zero-order valence-electron chi connectivity index (χ0n) is 22.5. The largest absolute Gasteiger partial charge is 0.493 e. The van der Waals surface area contributed by atoms with E-state index in [4.69, 9.17) is 18.6 Å². The highest BCUT2D eigenvalue weighted by molar-refractivity contribution is 6.10. The number of anilines is 1. The van der Waals surface area contributed by atoms with E-state index in [2.05, 4.69) is 0 Å². The van der Waals surface area contributed by atoms with Gasteiger partial charge in [-0.15, -0.1) is 0 Å². The van der Waals surface area contributed by atoms with Crippen molar-refractivity contribution < 1.29 is 32.6 Å². The fraction of sp³-hybridized carbons (Fsp3) is 0.258. The summed E-state index contributed by atoms with van der Waals surface area (Å²) in [6.45, 7) is 6.47. The number of fused-ring (bicyclic) bond motifs is 2. The lowest BCUT2D eigenvalue weighted by Crippen LogP contribution is -2.29. The molecule has 1 aromatic heterocycles. The maximum absolute atomic E-state index is 14.1. The summed E-state index contributed by atoms with van der Waals surface area (Å²) in [7, 11) is 1.51. The lowest BCUT2D eigenvalue weighted by Gasteiger charge is -2.26. The summed E-state index contributed by atoms with van der Waals surface area (Å²) >= 11 is 0. The summed E-state index contributed by atoms with van der Waals surface area (Å²) in [6, 6.07) is 14.2. The van der Waals surface area contributed by atoms with Crippen molar-refractivity contribution in [3.63, 3.8) is 0 Å². The van der Waals surface area contributed by atoms with Crippen LogP contribution in [0.3, 0.4) is 0 Å². The molecule has 0 N–H and O–H groups in total. The predicted octanol–water partition coefficient (Wildman–Crippen LogP) is 5.90. The van der Waals surface area contributed by atoms with Crippen LogP contribution >= 0.6 is 0 Å². The van der Waals surface area contributed by atoms with Gasteiger partial charge in [0, 0.05) is 5.69 Å². The molecule has 1 atom stereocenters. The van der Waals surface area contributed by atoms with Crippen LogP contribution in [0.5, 0.6) is 11.5 Å². The van der Waals surface area contributed by atoms with E-state index in [1.807, 2.05) is 13.8 Å². The Labute approximate surface area is 229 Å². The Morgan fingerprint density at radius 1 is 1.02 bits per heavy atom. The molecule has 0 radical (unpaired) electrons. The molecule has 1 unspecified atom stereocenters. The van der Waals surface area contributed by atoms with Gasteiger partial charge in [-0.25, -0.2) is 9.18 Å². The maximum Gasteiger partial charge on any atom is 0.338 e. The van der Waals surface area contributed by atoms with Crippen molar-refractivity contribution in [2.45, 2.75) is 26.8 Å². The lowest BCUT2D eigenvalue weighted by atomic mass is 9.97. The number of nitrogens with zero attached hydrogens (tertiary/aromatic N) is 1. The van der Waals surface area contributed by atoms with E-state index in [0.717, 1.165) is 6.07 Å². The van der Waals surface area contributed by atoms with Gasteiger partial charge in [-0.2, -0.15) is 0 Å². The zero-order valence-corrected chi connectivity index (χ0v) is 22.5. The molecule has 2 heterocycles. The lowest BCUT2D eigenvalue weighted by molar-refractivity contribution is 0.0526. The summed E-state index contributed by atoms with van der Waals surface area (Å²) in [5, 5.41) is 0.0277. The number of rotatable bonds is 8. The van der Waals surface area contributed by atoms with Crippen molar-refractivity contribution >= 4 is 28.5 Å². The highest BCUT2D eigenvalue weighted by atomic mass is 19.1. The van der Waals surface area contributed by atoms with E-state index >= 15 is 0 Å². The highest BCUT2D eigenvalue weighted by Crippen LogP contribution is 2.43. The summed E-state index contributed by atoms with van der Waals surface area (Å²) in [5.74, 6) is -0.548. The van der Waals surface area contributed by atoms with Crippen LogP contribution in [0.4, 0.5) is 10.1 Å². The molecule has 0 aliphatic carbocycles. The molecule has 5 rings (SSSR count). The van der Waals surface area contributed by atoms with Crippen molar-refractivity contribution in [2.24, 2.45) is 5.92 Å². The Bertz CT molecular complexity index is 1660. The number of carbonyl (C=O) groups excluding carboxylic acids is 2. The molecule has 0 saturated carbocycles. The Kier molecular flexibility index (Phi) is 7.30. The zero-order chi connectivity index (χ0) is 28.6. The number of halogens is 1. The Morgan fingerprint density at radius 3 is 2.45 bits per heavy atom. The van der Waals surface area contributed by atoms with Gasteiger partial charge in [0.2, 0.25) is 5.76 Å². The van der Waals surface area contributed by atoms with Crippen molar-refractivity contribution in [3.8, 4) is 11.5 Å². The Balaban J connectivity index is 1.68. The van der Waals surface area contributed by atoms with Gasteiger partial charge >= 0.3 is 5.97 Å². The summed E-state index contributed by atoms with van der Waals surface area (Å²) in [6.07, 6.45) is 0. The topological polar surface area (TPSA) is 95.3 Å². The molecular formula is C31H28FNO7. The minimum atomic E-state index is -0.923. The summed E-state index contributed by atoms with van der Waals surface area (Å²) < 4.78 is 36.6. The number of esters is 1. The Hall–Kier alpha value is -4.66. The molecule has 3 aromatic carbocycles. The van der Waals surface area contributed by atoms with Gasteiger partial charge in [-0.05, 0) is 73.0 Å². The highest BCUT2D eigenvalue weighted by Gasteiger charge is 2.44. The first kappa shape index (κ1) is 26.9. The molecular weight excluding hydrogens is 517 g/mol. The van der Waals surface area contributed by atoms with E-state index in [1.165, 1.54) is 24.1 Å². The van der Waals surface area contributed by atoms with E-state index < -0.39 is 29.2 Å². The van der Waals surface area contributed by atoms with Crippen LogP contribution < -0.4 is 19.8 Å². The number of amides is 1. The standard InChI is InChI=1S/C31H28FNO7/c1-5-38-31(36)18-6-10-21(11-7-18)33-27(19-8-12-24(25(14-19)37-4)39-16-17(2)3)26-28(34)22-15-20(32)9-13-23(22)40-29(26)30(33)35/h6-15,17,27H,5,16H2,1-4H3. The van der Waals surface area contributed by atoms with E-state index in [-0.39, 0.29) is 34.8 Å². The normalized spacial score (nSPS) is 14.5. The molecule has 40 heavy (non-hydrogen) atoms. The molecule has 0 bridgehead atoms. The molecule has 8 nitrogen and oxygen atoms in total. The van der Waals surface area contributed by atoms with Crippen molar-refractivity contribution in [1.29, 1.82) is 0 Å². The van der Waals surface area contributed by atoms with Crippen molar-refractivity contribution in [1.82, 2.24) is 0 Å². The van der Waals surface area contributed by atoms with Gasteiger partial charge < -0.3 is 18.6 Å². The van der Waals surface area contributed by atoms with Gasteiger partial charge in [-0.3, -0.25) is 14.5 Å². The second-order valence-corrected chi connectivity index (χ2v) is 9.77. The second-order valence-electron chi connectivity index (χ2n) is 9.77. The number of hydrogen-bond acceptors (Lipinski definition) is 7. The summed E-state index contributed by atoms with van der Waals surface area (Å²) in [4.78, 5) is 41.2. The molecule has 0 fully saturated rings. The average molecular weight is 546 g/mol. The molecule has 4 aromatic rings. The first-order chi connectivity index (χ1) is 19.2. The number of hydrogen-bond donors (Lipinski definition) is 0. The number of carbonyl (C=O) groups is 2. The molecule has 9 heteroatoms. The number of ether oxygens (including phenoxy) is 3. The van der Waals surface area contributed by atoms with Crippen LogP contribution in [0.2, 0.25) is 0 Å². The van der Waals surface area contributed by atoms with Crippen LogP contribution in [-0.2, 0) is 4.74 Å². The fourth-order valence-corrected chi connectivity index (χ4v) is 4.73. The first-order valence-corrected chi connectivity index (χ1v) is 12.9. The third kappa shape index (κ3) is 4.79. The van der Waals surface area contributed by atoms with Crippen LogP contribution in [0.25, 0.3) is 11.0 Å². The van der Waals surface area contributed by atoms with Gasteiger partial charge in [-0.1, -0.05) is 19.9 Å².